The Morgan fingerprint density at radius 2 is 1.94 bits per heavy atom. The van der Waals surface area contributed by atoms with E-state index in [1.807, 2.05) is 81.8 Å². The Balaban J connectivity index is 1.53. The maximum absolute atomic E-state index is 12.2. The van der Waals surface area contributed by atoms with Gasteiger partial charge in [-0.1, -0.05) is 36.4 Å². The zero-order valence-electron chi connectivity index (χ0n) is 20.4. The van der Waals surface area contributed by atoms with Crippen LogP contribution in [0.2, 0.25) is 0 Å². The Labute approximate surface area is 209 Å². The van der Waals surface area contributed by atoms with Crippen molar-refractivity contribution < 1.29 is 9.53 Å². The predicted molar refractivity (Wildman–Crippen MR) is 138 cm³/mol. The maximum Gasteiger partial charge on any atom is 0.307 e. The molecule has 0 fully saturated rings. The molecule has 0 saturated heterocycles. The third-order valence-electron chi connectivity index (χ3n) is 6.15. The summed E-state index contributed by atoms with van der Waals surface area (Å²) >= 11 is 0. The number of esters is 1. The van der Waals surface area contributed by atoms with Crippen molar-refractivity contribution in [2.24, 2.45) is 0 Å². The van der Waals surface area contributed by atoms with Crippen LogP contribution < -0.4 is 0 Å². The molecule has 36 heavy (non-hydrogen) atoms. The van der Waals surface area contributed by atoms with Gasteiger partial charge in [0.05, 0.1) is 24.9 Å². The molecule has 5 aromatic rings. The second-order valence-corrected chi connectivity index (χ2v) is 8.67. The highest BCUT2D eigenvalue weighted by Crippen LogP contribution is 2.31. The number of rotatable bonds is 8. The number of methoxy groups -OCH3 is 1. The number of hydrogen-bond acceptors (Lipinski definition) is 7. The van der Waals surface area contributed by atoms with E-state index in [2.05, 4.69) is 19.9 Å². The molecule has 10 heteroatoms. The Bertz CT molecular complexity index is 1500. The van der Waals surface area contributed by atoms with E-state index in [1.165, 1.54) is 13.4 Å². The molecule has 0 aliphatic rings. The van der Waals surface area contributed by atoms with Crippen LogP contribution in [0, 0.1) is 6.92 Å². The molecule has 0 bridgehead atoms. The van der Waals surface area contributed by atoms with Crippen LogP contribution in [0.4, 0.5) is 0 Å². The van der Waals surface area contributed by atoms with Crippen LogP contribution >= 0.6 is 0 Å². The van der Waals surface area contributed by atoms with Crippen LogP contribution in [0.5, 0.6) is 0 Å². The molecule has 0 amide bonds. The summed E-state index contributed by atoms with van der Waals surface area (Å²) < 4.78 is 6.70. The van der Waals surface area contributed by atoms with E-state index in [4.69, 9.17) is 14.7 Å². The van der Waals surface area contributed by atoms with Gasteiger partial charge in [0.1, 0.15) is 17.8 Å². The van der Waals surface area contributed by atoms with Crippen molar-refractivity contribution in [3.63, 3.8) is 0 Å². The molecule has 0 aliphatic carbocycles. The van der Waals surface area contributed by atoms with Crippen LogP contribution in [0.15, 0.2) is 73.2 Å². The van der Waals surface area contributed by atoms with Gasteiger partial charge in [0, 0.05) is 30.0 Å². The van der Waals surface area contributed by atoms with E-state index in [0.717, 1.165) is 45.4 Å². The van der Waals surface area contributed by atoms with E-state index >= 15 is 0 Å². The lowest BCUT2D eigenvalue weighted by atomic mass is 9.99. The molecule has 4 heterocycles. The van der Waals surface area contributed by atoms with E-state index in [9.17, 15) is 4.79 Å². The van der Waals surface area contributed by atoms with Gasteiger partial charge in [-0.3, -0.25) is 9.78 Å². The summed E-state index contributed by atoms with van der Waals surface area (Å²) in [5.41, 5.74) is 6.01. The maximum atomic E-state index is 12.2. The minimum Gasteiger partial charge on any atom is -0.469 e. The quantitative estimate of drug-likeness (QED) is 0.270. The summed E-state index contributed by atoms with van der Waals surface area (Å²) in [6.45, 7) is 2.45. The van der Waals surface area contributed by atoms with Gasteiger partial charge in [-0.25, -0.2) is 14.5 Å². The van der Waals surface area contributed by atoms with Crippen molar-refractivity contribution in [3.8, 4) is 22.6 Å². The molecule has 0 radical (unpaired) electrons. The third kappa shape index (κ3) is 4.89. The number of nitrogens with zero attached hydrogens (tertiary/aromatic N) is 6. The molecule has 1 aromatic carbocycles. The summed E-state index contributed by atoms with van der Waals surface area (Å²) in [4.78, 5) is 31.7. The fourth-order valence-corrected chi connectivity index (χ4v) is 4.32. The molecule has 1 N–H and O–H groups in total. The zero-order chi connectivity index (χ0) is 25.1. The molecular formula is C26H26BN7O2. The predicted octanol–water partition coefficient (Wildman–Crippen LogP) is 3.14. The number of ether oxygens (including phenoxy) is 1. The van der Waals surface area contributed by atoms with Crippen LogP contribution in [0.1, 0.15) is 29.5 Å². The number of fused-ring (bicyclic) bond motifs is 1. The summed E-state index contributed by atoms with van der Waals surface area (Å²) in [6.07, 6.45) is 3.69. The Hall–Kier alpha value is -4.31. The number of pyridine rings is 2. The van der Waals surface area contributed by atoms with Gasteiger partial charge in [0.25, 0.3) is 0 Å². The summed E-state index contributed by atoms with van der Waals surface area (Å²) in [7, 11) is 3.39. The number of nitrogens with one attached hydrogen (secondary N) is 1. The van der Waals surface area contributed by atoms with Crippen LogP contribution in [0.3, 0.4) is 0 Å². The average Bonchev–Trinajstić information content (AvgIpc) is 3.54. The lowest BCUT2D eigenvalue weighted by Gasteiger charge is -2.27. The molecule has 180 valence electrons. The van der Waals surface area contributed by atoms with Gasteiger partial charge >= 0.3 is 5.97 Å². The minimum atomic E-state index is -0.262. The Kier molecular flexibility index (Phi) is 6.59. The largest absolute Gasteiger partial charge is 0.469 e. The zero-order valence-corrected chi connectivity index (χ0v) is 20.4. The van der Waals surface area contributed by atoms with Crippen molar-refractivity contribution in [3.05, 3.63) is 90.3 Å². The van der Waals surface area contributed by atoms with Gasteiger partial charge in [-0.05, 0) is 36.8 Å². The molecule has 5 rings (SSSR count). The minimum absolute atomic E-state index is 0.167. The first kappa shape index (κ1) is 23.4. The summed E-state index contributed by atoms with van der Waals surface area (Å²) in [5.74, 6) is 0.497. The van der Waals surface area contributed by atoms with Gasteiger partial charge in [0.15, 0.2) is 13.6 Å². The third-order valence-corrected chi connectivity index (χ3v) is 6.15. The molecule has 9 nitrogen and oxygen atoms in total. The average molecular weight is 479 g/mol. The second kappa shape index (κ2) is 10.1. The molecule has 0 spiro atoms. The fraction of sp³-hybridized carbons (Fsp3) is 0.192. The molecular weight excluding hydrogens is 453 g/mol. The number of aryl methyl sites for hydroxylation is 1. The fourth-order valence-electron chi connectivity index (χ4n) is 4.32. The first-order valence-corrected chi connectivity index (χ1v) is 11.7. The summed E-state index contributed by atoms with van der Waals surface area (Å²) in [5, 5.41) is 4.27. The molecule has 0 unspecified atom stereocenters. The number of carbonyl (C=O) groups excluding carboxylic acids is 1. The lowest BCUT2D eigenvalue weighted by Crippen LogP contribution is -2.28. The van der Waals surface area contributed by atoms with Crippen LogP contribution in [-0.4, -0.2) is 55.4 Å². The van der Waals surface area contributed by atoms with Crippen molar-refractivity contribution in [1.82, 2.24) is 34.4 Å². The van der Waals surface area contributed by atoms with Crippen LogP contribution in [0.25, 0.3) is 28.3 Å². The first-order valence-electron chi connectivity index (χ1n) is 11.7. The number of imidazole rings is 1. The van der Waals surface area contributed by atoms with E-state index in [1.54, 1.807) is 4.52 Å². The Morgan fingerprint density at radius 3 is 2.72 bits per heavy atom. The Morgan fingerprint density at radius 1 is 1.11 bits per heavy atom. The molecule has 4 aromatic heterocycles. The van der Waals surface area contributed by atoms with Gasteiger partial charge in [0.2, 0.25) is 0 Å². The number of benzene rings is 1. The smallest absolute Gasteiger partial charge is 0.307 e. The van der Waals surface area contributed by atoms with Crippen LogP contribution in [-0.2, 0) is 16.1 Å². The topological polar surface area (TPSA) is 101 Å². The van der Waals surface area contributed by atoms with Gasteiger partial charge < -0.3 is 14.5 Å². The molecule has 1 atom stereocenters. The SMILES string of the molecule is BN(Cc1nc(-c2cccc(C)n2)c(-c2ccc3ncnn3c2)[nH]1)[C@H](CC(=O)OC)c1ccccc1. The van der Waals surface area contributed by atoms with Crippen molar-refractivity contribution in [1.29, 1.82) is 0 Å². The van der Waals surface area contributed by atoms with E-state index < -0.39 is 0 Å². The van der Waals surface area contributed by atoms with Crippen molar-refractivity contribution >= 4 is 19.6 Å². The summed E-state index contributed by atoms with van der Waals surface area (Å²) in [6, 6.07) is 19.6. The molecule has 0 saturated carbocycles. The van der Waals surface area contributed by atoms with E-state index in [0.29, 0.717) is 6.54 Å². The molecule has 0 aliphatic heterocycles. The standard InChI is InChI=1S/C26H26BN7O2/c1-17-7-6-10-20(30-17)26-25(19-11-12-23-28-16-29-34(23)14-19)31-22(32-26)15-33(27)21(13-24(35)36-2)18-8-4-3-5-9-18/h3-12,14,16,21H,13,15,27H2,1-2H3,(H,31,32)/t21-/m1/s1. The monoisotopic (exact) mass is 479 g/mol. The number of aromatic amines is 1. The highest BCUT2D eigenvalue weighted by atomic mass is 16.5. The van der Waals surface area contributed by atoms with Gasteiger partial charge in [-0.15, -0.1) is 0 Å². The normalized spacial score (nSPS) is 12.2. The number of carbonyl (C=O) groups is 1. The first-order chi connectivity index (χ1) is 17.5. The van der Waals surface area contributed by atoms with E-state index in [-0.39, 0.29) is 18.4 Å². The lowest BCUT2D eigenvalue weighted by molar-refractivity contribution is -0.141. The number of H-pyrrole nitrogens is 1. The number of hydrogen-bond donors (Lipinski definition) is 1. The highest BCUT2D eigenvalue weighted by Gasteiger charge is 2.23. The van der Waals surface area contributed by atoms with Crippen molar-refractivity contribution in [2.45, 2.75) is 25.9 Å². The van der Waals surface area contributed by atoms with Gasteiger partial charge in [-0.2, -0.15) is 5.10 Å². The van der Waals surface area contributed by atoms with Crippen molar-refractivity contribution in [2.75, 3.05) is 7.11 Å². The highest BCUT2D eigenvalue weighted by molar-refractivity contribution is 6.04. The number of aromatic nitrogens is 6. The second-order valence-electron chi connectivity index (χ2n) is 8.67.